The first-order chi connectivity index (χ1) is 5.43. The monoisotopic (exact) mass is 202 g/mol. The third-order valence-corrected chi connectivity index (χ3v) is 2.84. The highest BCUT2D eigenvalue weighted by Crippen LogP contribution is 2.29. The zero-order valence-electron chi connectivity index (χ0n) is 7.35. The molecule has 0 saturated carbocycles. The van der Waals surface area contributed by atoms with Crippen LogP contribution in [-0.2, 0) is 0 Å². The van der Waals surface area contributed by atoms with Crippen LogP contribution in [0.4, 0.5) is 0 Å². The maximum atomic E-state index is 11.7. The van der Waals surface area contributed by atoms with Crippen LogP contribution in [0.3, 0.4) is 0 Å². The lowest BCUT2D eigenvalue weighted by Gasteiger charge is -2.15. The third kappa shape index (κ3) is 1.87. The van der Waals surface area contributed by atoms with Crippen LogP contribution in [0.1, 0.15) is 30.4 Å². The maximum absolute atomic E-state index is 11.7. The highest BCUT2D eigenvalue weighted by molar-refractivity contribution is 7.12. The molecule has 1 heterocycles. The molecule has 0 aliphatic heterocycles. The molecule has 0 radical (unpaired) electrons. The minimum atomic E-state index is -0.339. The van der Waals surface area contributed by atoms with Gasteiger partial charge >= 0.3 is 0 Å². The summed E-state index contributed by atoms with van der Waals surface area (Å²) in [5.74, 6) is 0.113. The predicted octanol–water partition coefficient (Wildman–Crippen LogP) is 3.63. The van der Waals surface area contributed by atoms with E-state index in [9.17, 15) is 4.79 Å². The average Bonchev–Trinajstić information content (AvgIpc) is 2.31. The Balaban J connectivity index is 3.01. The molecule has 0 aliphatic rings. The van der Waals surface area contributed by atoms with Gasteiger partial charge in [-0.15, -0.1) is 11.3 Å². The topological polar surface area (TPSA) is 17.1 Å². The molecule has 0 spiro atoms. The van der Waals surface area contributed by atoms with Crippen molar-refractivity contribution in [1.82, 2.24) is 0 Å². The molecule has 0 amide bonds. The van der Waals surface area contributed by atoms with Crippen LogP contribution in [0.25, 0.3) is 0 Å². The van der Waals surface area contributed by atoms with E-state index < -0.39 is 0 Å². The van der Waals surface area contributed by atoms with E-state index in [0.29, 0.717) is 9.90 Å². The van der Waals surface area contributed by atoms with Crippen molar-refractivity contribution in [1.29, 1.82) is 0 Å². The first-order valence-electron chi connectivity index (χ1n) is 3.70. The van der Waals surface area contributed by atoms with Crippen LogP contribution in [-0.4, -0.2) is 5.78 Å². The van der Waals surface area contributed by atoms with Gasteiger partial charge in [0.25, 0.3) is 0 Å². The summed E-state index contributed by atoms with van der Waals surface area (Å²) in [6.07, 6.45) is 0. The predicted molar refractivity (Wildman–Crippen MR) is 53.1 cm³/mol. The molecule has 1 nitrogen and oxygen atoms in total. The third-order valence-electron chi connectivity index (χ3n) is 1.50. The van der Waals surface area contributed by atoms with E-state index in [4.69, 9.17) is 11.6 Å². The van der Waals surface area contributed by atoms with Gasteiger partial charge in [0, 0.05) is 5.41 Å². The number of rotatable bonds is 1. The van der Waals surface area contributed by atoms with Crippen molar-refractivity contribution >= 4 is 28.7 Å². The zero-order chi connectivity index (χ0) is 9.35. The van der Waals surface area contributed by atoms with Gasteiger partial charge in [-0.2, -0.15) is 0 Å². The number of hydrogen-bond donors (Lipinski definition) is 0. The summed E-state index contributed by atoms with van der Waals surface area (Å²) in [7, 11) is 0. The largest absolute Gasteiger partial charge is 0.293 e. The fourth-order valence-corrected chi connectivity index (χ4v) is 2.09. The minimum Gasteiger partial charge on any atom is -0.293 e. The van der Waals surface area contributed by atoms with Crippen molar-refractivity contribution in [2.75, 3.05) is 0 Å². The van der Waals surface area contributed by atoms with Crippen molar-refractivity contribution in [3.8, 4) is 0 Å². The Morgan fingerprint density at radius 1 is 1.50 bits per heavy atom. The van der Waals surface area contributed by atoms with Crippen molar-refractivity contribution in [3.05, 3.63) is 21.3 Å². The molecule has 66 valence electrons. The number of hydrogen-bond acceptors (Lipinski definition) is 2. The summed E-state index contributed by atoms with van der Waals surface area (Å²) in [6.45, 7) is 5.68. The molecule has 0 N–H and O–H groups in total. The zero-order valence-corrected chi connectivity index (χ0v) is 8.92. The van der Waals surface area contributed by atoms with Gasteiger partial charge in [0.2, 0.25) is 0 Å². The van der Waals surface area contributed by atoms with Crippen LogP contribution < -0.4 is 0 Å². The molecular formula is C9H11ClOS. The van der Waals surface area contributed by atoms with Gasteiger partial charge in [-0.05, 0) is 11.4 Å². The number of thiophene rings is 1. The van der Waals surface area contributed by atoms with Crippen LogP contribution in [0.5, 0.6) is 0 Å². The van der Waals surface area contributed by atoms with Crippen molar-refractivity contribution in [3.63, 3.8) is 0 Å². The number of carbonyl (C=O) groups is 1. The first kappa shape index (κ1) is 9.75. The minimum absolute atomic E-state index is 0.113. The van der Waals surface area contributed by atoms with E-state index in [0.717, 1.165) is 0 Å². The van der Waals surface area contributed by atoms with Gasteiger partial charge in [-0.1, -0.05) is 32.4 Å². The second-order valence-corrected chi connectivity index (χ2v) is 5.00. The molecule has 1 rings (SSSR count). The van der Waals surface area contributed by atoms with Gasteiger partial charge in [-0.25, -0.2) is 0 Å². The first-order valence-corrected chi connectivity index (χ1v) is 4.96. The molecular weight excluding hydrogens is 192 g/mol. The highest BCUT2D eigenvalue weighted by atomic mass is 35.5. The second-order valence-electron chi connectivity index (χ2n) is 3.68. The summed E-state index contributed by atoms with van der Waals surface area (Å²) < 4.78 is 0. The Labute approximate surface area is 81.4 Å². The van der Waals surface area contributed by atoms with Crippen LogP contribution in [0.15, 0.2) is 11.4 Å². The van der Waals surface area contributed by atoms with Gasteiger partial charge in [0.05, 0.1) is 9.90 Å². The lowest BCUT2D eigenvalue weighted by molar-refractivity contribution is 0.0863. The van der Waals surface area contributed by atoms with Gasteiger partial charge in [0.1, 0.15) is 0 Å². The second kappa shape index (κ2) is 3.19. The number of carbonyl (C=O) groups excluding carboxylic acids is 1. The molecule has 0 aliphatic carbocycles. The molecule has 12 heavy (non-hydrogen) atoms. The van der Waals surface area contributed by atoms with Gasteiger partial charge in [0.15, 0.2) is 5.78 Å². The SMILES string of the molecule is CC(C)(C)C(=O)c1sccc1Cl. The van der Waals surface area contributed by atoms with Crippen molar-refractivity contribution < 1.29 is 4.79 Å². The molecule has 0 saturated heterocycles. The Kier molecular flexibility index (Phi) is 2.59. The van der Waals surface area contributed by atoms with Crippen LogP contribution >= 0.6 is 22.9 Å². The normalized spacial score (nSPS) is 11.7. The Morgan fingerprint density at radius 3 is 2.42 bits per heavy atom. The molecule has 3 heteroatoms. The highest BCUT2D eigenvalue weighted by Gasteiger charge is 2.25. The molecule has 1 aromatic rings. The summed E-state index contributed by atoms with van der Waals surface area (Å²) in [4.78, 5) is 12.3. The van der Waals surface area contributed by atoms with Crippen LogP contribution in [0.2, 0.25) is 5.02 Å². The van der Waals surface area contributed by atoms with E-state index >= 15 is 0 Å². The van der Waals surface area contributed by atoms with Crippen molar-refractivity contribution in [2.45, 2.75) is 20.8 Å². The smallest absolute Gasteiger partial charge is 0.179 e. The maximum Gasteiger partial charge on any atom is 0.179 e. The molecule has 0 unspecified atom stereocenters. The Morgan fingerprint density at radius 2 is 2.08 bits per heavy atom. The summed E-state index contributed by atoms with van der Waals surface area (Å²) >= 11 is 7.23. The molecule has 0 bridgehead atoms. The Bertz CT molecular complexity index is 296. The summed E-state index contributed by atoms with van der Waals surface area (Å²) in [6, 6.07) is 1.76. The van der Waals surface area contributed by atoms with E-state index in [1.165, 1.54) is 11.3 Å². The Hall–Kier alpha value is -0.340. The van der Waals surface area contributed by atoms with E-state index in [2.05, 4.69) is 0 Å². The fraction of sp³-hybridized carbons (Fsp3) is 0.444. The lowest BCUT2D eigenvalue weighted by atomic mass is 9.90. The summed E-state index contributed by atoms with van der Waals surface area (Å²) in [5, 5.41) is 2.40. The van der Waals surface area contributed by atoms with Gasteiger partial charge < -0.3 is 0 Å². The van der Waals surface area contributed by atoms with E-state index in [1.54, 1.807) is 6.07 Å². The average molecular weight is 203 g/mol. The summed E-state index contributed by atoms with van der Waals surface area (Å²) in [5.41, 5.74) is -0.339. The molecule has 0 aromatic carbocycles. The van der Waals surface area contributed by atoms with Crippen molar-refractivity contribution in [2.24, 2.45) is 5.41 Å². The molecule has 1 aromatic heterocycles. The van der Waals surface area contributed by atoms with Gasteiger partial charge in [-0.3, -0.25) is 4.79 Å². The molecule has 0 fully saturated rings. The van der Waals surface area contributed by atoms with E-state index in [-0.39, 0.29) is 11.2 Å². The number of Topliss-reactive ketones (excluding diaryl/α,β-unsaturated/α-hetero) is 1. The molecule has 0 atom stereocenters. The lowest BCUT2D eigenvalue weighted by Crippen LogP contribution is -2.19. The number of ketones is 1. The van der Waals surface area contributed by atoms with Crippen LogP contribution in [0, 0.1) is 5.41 Å². The fourth-order valence-electron chi connectivity index (χ4n) is 0.796. The standard InChI is InChI=1S/C9H11ClOS/c1-9(2,3)8(11)7-6(10)4-5-12-7/h4-5H,1-3H3. The quantitative estimate of drug-likeness (QED) is 0.636. The van der Waals surface area contributed by atoms with E-state index in [1.807, 2.05) is 26.2 Å². The number of halogens is 1.